The van der Waals surface area contributed by atoms with Crippen LogP contribution in [0.4, 0.5) is 0 Å². The summed E-state index contributed by atoms with van der Waals surface area (Å²) in [5.41, 5.74) is 0. The summed E-state index contributed by atoms with van der Waals surface area (Å²) in [6.45, 7) is 7.82. The van der Waals surface area contributed by atoms with Crippen molar-refractivity contribution < 1.29 is 4.90 Å². The molecule has 0 amide bonds. The number of nitrogens with zero attached hydrogens (tertiary/aromatic N) is 2. The summed E-state index contributed by atoms with van der Waals surface area (Å²) in [6, 6.07) is 0. The van der Waals surface area contributed by atoms with E-state index in [1.807, 2.05) is 20.2 Å². The zero-order valence-corrected chi connectivity index (χ0v) is 10.3. The highest BCUT2D eigenvalue weighted by atomic mass is 15.2. The van der Waals surface area contributed by atoms with Crippen LogP contribution in [0.25, 0.3) is 0 Å². The lowest BCUT2D eigenvalue weighted by atomic mass is 9.94. The Morgan fingerprint density at radius 3 is 2.53 bits per heavy atom. The zero-order chi connectivity index (χ0) is 11.1. The van der Waals surface area contributed by atoms with Crippen LogP contribution in [-0.4, -0.2) is 38.7 Å². The van der Waals surface area contributed by atoms with Gasteiger partial charge in [-0.05, 0) is 25.7 Å². The molecule has 0 aromatic rings. The highest BCUT2D eigenvalue weighted by Crippen LogP contribution is 2.12. The van der Waals surface area contributed by atoms with E-state index in [4.69, 9.17) is 0 Å². The van der Waals surface area contributed by atoms with Gasteiger partial charge >= 0.3 is 0 Å². The van der Waals surface area contributed by atoms with E-state index in [0.29, 0.717) is 0 Å². The SMILES string of the molecule is CC=NC(C[NH+]1CCC(CC)CC1)=NC. The van der Waals surface area contributed by atoms with Crippen molar-refractivity contribution in [1.82, 2.24) is 0 Å². The topological polar surface area (TPSA) is 29.2 Å². The van der Waals surface area contributed by atoms with Crippen LogP contribution < -0.4 is 4.90 Å². The maximum absolute atomic E-state index is 4.28. The molecule has 1 rings (SSSR count). The Morgan fingerprint density at radius 1 is 1.40 bits per heavy atom. The van der Waals surface area contributed by atoms with Gasteiger partial charge in [-0.2, -0.15) is 0 Å². The normalized spacial score (nSPS) is 28.6. The Balaban J connectivity index is 2.34. The molecule has 0 spiro atoms. The van der Waals surface area contributed by atoms with Gasteiger partial charge in [-0.3, -0.25) is 4.99 Å². The van der Waals surface area contributed by atoms with Crippen molar-refractivity contribution in [2.45, 2.75) is 33.1 Å². The molecule has 1 heterocycles. The lowest BCUT2D eigenvalue weighted by Crippen LogP contribution is -3.13. The Hall–Kier alpha value is -0.700. The second-order valence-corrected chi connectivity index (χ2v) is 4.31. The predicted molar refractivity (Wildman–Crippen MR) is 66.1 cm³/mol. The van der Waals surface area contributed by atoms with Gasteiger partial charge < -0.3 is 4.90 Å². The number of quaternary nitrogens is 1. The van der Waals surface area contributed by atoms with Gasteiger partial charge in [0.1, 0.15) is 6.54 Å². The van der Waals surface area contributed by atoms with Gasteiger partial charge in [-0.15, -0.1) is 0 Å². The third-order valence-electron chi connectivity index (χ3n) is 3.33. The van der Waals surface area contributed by atoms with E-state index in [0.717, 1.165) is 18.3 Å². The maximum atomic E-state index is 4.28. The van der Waals surface area contributed by atoms with Crippen molar-refractivity contribution >= 4 is 12.1 Å². The molecule has 1 aliphatic rings. The van der Waals surface area contributed by atoms with Crippen LogP contribution in [-0.2, 0) is 0 Å². The first kappa shape index (κ1) is 12.4. The number of aliphatic imine (C=N–C) groups is 2. The predicted octanol–water partition coefficient (Wildman–Crippen LogP) is 0.810. The van der Waals surface area contributed by atoms with Crippen molar-refractivity contribution in [3.8, 4) is 0 Å². The van der Waals surface area contributed by atoms with Crippen molar-refractivity contribution in [2.75, 3.05) is 26.7 Å². The van der Waals surface area contributed by atoms with Crippen LogP contribution in [0.5, 0.6) is 0 Å². The van der Waals surface area contributed by atoms with Crippen molar-refractivity contribution in [3.05, 3.63) is 0 Å². The summed E-state index contributed by atoms with van der Waals surface area (Å²) in [7, 11) is 1.83. The highest BCUT2D eigenvalue weighted by molar-refractivity contribution is 5.89. The van der Waals surface area contributed by atoms with E-state index in [2.05, 4.69) is 16.9 Å². The lowest BCUT2D eigenvalue weighted by Gasteiger charge is -2.28. The molecule has 0 unspecified atom stereocenters. The number of hydrogen-bond donors (Lipinski definition) is 1. The first-order valence-electron chi connectivity index (χ1n) is 6.08. The Kier molecular flexibility index (Phi) is 5.54. The quantitative estimate of drug-likeness (QED) is 0.528. The molecular formula is C12H24N3+. The fourth-order valence-corrected chi connectivity index (χ4v) is 2.23. The minimum atomic E-state index is 0.963. The molecule has 86 valence electrons. The third kappa shape index (κ3) is 4.12. The van der Waals surface area contributed by atoms with Crippen LogP contribution in [0.3, 0.4) is 0 Å². The molecule has 0 aromatic carbocycles. The number of nitrogens with one attached hydrogen (secondary N) is 1. The average Bonchev–Trinajstić information content (AvgIpc) is 2.29. The number of rotatable bonds is 3. The maximum Gasteiger partial charge on any atom is 0.178 e. The van der Waals surface area contributed by atoms with E-state index in [-0.39, 0.29) is 0 Å². The van der Waals surface area contributed by atoms with Gasteiger partial charge in [0, 0.05) is 13.3 Å². The Morgan fingerprint density at radius 2 is 2.07 bits per heavy atom. The molecule has 0 saturated carbocycles. The molecule has 0 atom stereocenters. The number of piperidine rings is 1. The monoisotopic (exact) mass is 210 g/mol. The summed E-state index contributed by atoms with van der Waals surface area (Å²) < 4.78 is 0. The minimum absolute atomic E-state index is 0.963. The Labute approximate surface area is 93.3 Å². The summed E-state index contributed by atoms with van der Waals surface area (Å²) in [5, 5.41) is 0. The molecule has 1 aliphatic heterocycles. The van der Waals surface area contributed by atoms with E-state index in [1.54, 1.807) is 4.90 Å². The third-order valence-corrected chi connectivity index (χ3v) is 3.33. The van der Waals surface area contributed by atoms with Crippen LogP contribution >= 0.6 is 0 Å². The summed E-state index contributed by atoms with van der Waals surface area (Å²) in [4.78, 5) is 10.1. The lowest BCUT2D eigenvalue weighted by molar-refractivity contribution is -0.897. The first-order valence-corrected chi connectivity index (χ1v) is 6.08. The minimum Gasteiger partial charge on any atom is -0.329 e. The number of likely N-dealkylation sites (tertiary alicyclic amines) is 1. The number of amidine groups is 1. The summed E-state index contributed by atoms with van der Waals surface area (Å²) >= 11 is 0. The molecule has 15 heavy (non-hydrogen) atoms. The van der Waals surface area contributed by atoms with E-state index >= 15 is 0 Å². The molecule has 1 saturated heterocycles. The summed E-state index contributed by atoms with van der Waals surface area (Å²) in [6.07, 6.45) is 5.92. The van der Waals surface area contributed by atoms with Gasteiger partial charge in [-0.25, -0.2) is 4.99 Å². The largest absolute Gasteiger partial charge is 0.329 e. The van der Waals surface area contributed by atoms with Crippen LogP contribution in [0.15, 0.2) is 9.98 Å². The molecule has 0 aliphatic carbocycles. The van der Waals surface area contributed by atoms with Crippen molar-refractivity contribution in [2.24, 2.45) is 15.9 Å². The summed E-state index contributed by atoms with van der Waals surface area (Å²) in [5.74, 6) is 1.95. The average molecular weight is 210 g/mol. The van der Waals surface area contributed by atoms with E-state index in [1.165, 1.54) is 32.4 Å². The van der Waals surface area contributed by atoms with E-state index in [9.17, 15) is 0 Å². The van der Waals surface area contributed by atoms with Crippen molar-refractivity contribution in [3.63, 3.8) is 0 Å². The molecule has 1 N–H and O–H groups in total. The van der Waals surface area contributed by atoms with Crippen LogP contribution in [0, 0.1) is 5.92 Å². The van der Waals surface area contributed by atoms with Crippen molar-refractivity contribution in [1.29, 1.82) is 0 Å². The van der Waals surface area contributed by atoms with Gasteiger partial charge in [-0.1, -0.05) is 13.3 Å². The smallest absolute Gasteiger partial charge is 0.178 e. The van der Waals surface area contributed by atoms with Gasteiger partial charge in [0.15, 0.2) is 5.84 Å². The number of hydrogen-bond acceptors (Lipinski definition) is 1. The second-order valence-electron chi connectivity index (χ2n) is 4.31. The highest BCUT2D eigenvalue weighted by Gasteiger charge is 2.21. The Bertz CT molecular complexity index is 225. The molecule has 0 radical (unpaired) electrons. The fourth-order valence-electron chi connectivity index (χ4n) is 2.23. The van der Waals surface area contributed by atoms with E-state index < -0.39 is 0 Å². The van der Waals surface area contributed by atoms with Gasteiger partial charge in [0.2, 0.25) is 0 Å². The molecule has 1 fully saturated rings. The molecule has 3 heteroatoms. The molecule has 0 bridgehead atoms. The van der Waals surface area contributed by atoms with Gasteiger partial charge in [0.25, 0.3) is 0 Å². The van der Waals surface area contributed by atoms with Gasteiger partial charge in [0.05, 0.1) is 13.1 Å². The van der Waals surface area contributed by atoms with Crippen LogP contribution in [0.1, 0.15) is 33.1 Å². The molecular weight excluding hydrogens is 186 g/mol. The zero-order valence-electron chi connectivity index (χ0n) is 10.3. The second kappa shape index (κ2) is 6.72. The van der Waals surface area contributed by atoms with Crippen LogP contribution in [0.2, 0.25) is 0 Å². The standard InChI is InChI=1S/C12H23N3/c1-4-11-6-8-15(9-7-11)10-12(13-3)14-5-2/h5,11H,4,6-10H2,1-3H3/p+1. The first-order chi connectivity index (χ1) is 7.30. The molecule has 0 aromatic heterocycles. The molecule has 3 nitrogen and oxygen atoms in total. The fraction of sp³-hybridized carbons (Fsp3) is 0.833.